The minimum atomic E-state index is -0.234. The van der Waals surface area contributed by atoms with Crippen LogP contribution in [-0.2, 0) is 9.53 Å². The van der Waals surface area contributed by atoms with E-state index in [-0.39, 0.29) is 17.6 Å². The highest BCUT2D eigenvalue weighted by atomic mass is 16.5. The molecular formula is C13H24N2O2. The van der Waals surface area contributed by atoms with Crippen molar-refractivity contribution in [2.24, 2.45) is 11.7 Å². The van der Waals surface area contributed by atoms with Gasteiger partial charge in [-0.3, -0.25) is 4.79 Å². The summed E-state index contributed by atoms with van der Waals surface area (Å²) in [5.41, 5.74) is 5.95. The molecule has 0 bridgehead atoms. The van der Waals surface area contributed by atoms with Gasteiger partial charge in [-0.1, -0.05) is 12.8 Å². The molecule has 98 valence electrons. The minimum Gasteiger partial charge on any atom is -0.378 e. The molecule has 0 aromatic rings. The second-order valence-corrected chi connectivity index (χ2v) is 5.67. The highest BCUT2D eigenvalue weighted by Crippen LogP contribution is 2.30. The van der Waals surface area contributed by atoms with Gasteiger partial charge in [-0.15, -0.1) is 0 Å². The predicted molar refractivity (Wildman–Crippen MR) is 66.5 cm³/mol. The van der Waals surface area contributed by atoms with Gasteiger partial charge in [0, 0.05) is 31.0 Å². The molecule has 1 saturated carbocycles. The third-order valence-corrected chi connectivity index (χ3v) is 4.21. The van der Waals surface area contributed by atoms with E-state index in [1.165, 1.54) is 0 Å². The van der Waals surface area contributed by atoms with Crippen molar-refractivity contribution in [1.29, 1.82) is 0 Å². The largest absolute Gasteiger partial charge is 0.378 e. The summed E-state index contributed by atoms with van der Waals surface area (Å²) < 4.78 is 5.47. The number of carbonyl (C=O) groups is 1. The number of amides is 1. The average Bonchev–Trinajstić information content (AvgIpc) is 2.85. The minimum absolute atomic E-state index is 0.105. The van der Waals surface area contributed by atoms with Gasteiger partial charge in [0.15, 0.2) is 0 Å². The van der Waals surface area contributed by atoms with Crippen LogP contribution in [-0.4, -0.2) is 30.7 Å². The molecule has 2 unspecified atom stereocenters. The normalized spacial score (nSPS) is 31.6. The van der Waals surface area contributed by atoms with Crippen LogP contribution in [0.15, 0.2) is 0 Å². The Labute approximate surface area is 103 Å². The molecule has 4 nitrogen and oxygen atoms in total. The Morgan fingerprint density at radius 3 is 2.76 bits per heavy atom. The number of rotatable bonds is 4. The second-order valence-electron chi connectivity index (χ2n) is 5.67. The topological polar surface area (TPSA) is 64.3 Å². The fourth-order valence-corrected chi connectivity index (χ4v) is 2.93. The van der Waals surface area contributed by atoms with Crippen molar-refractivity contribution in [1.82, 2.24) is 5.32 Å². The lowest BCUT2D eigenvalue weighted by molar-refractivity contribution is -0.122. The van der Waals surface area contributed by atoms with E-state index >= 15 is 0 Å². The van der Waals surface area contributed by atoms with Crippen LogP contribution >= 0.6 is 0 Å². The number of hydrogen-bond donors (Lipinski definition) is 2. The molecule has 1 aliphatic heterocycles. The highest BCUT2D eigenvalue weighted by Gasteiger charge is 2.32. The molecule has 2 rings (SSSR count). The SMILES string of the molecule is CC1OCCC1CNC(=O)CC1(N)CCCC1. The van der Waals surface area contributed by atoms with Crippen LogP contribution in [0.25, 0.3) is 0 Å². The maximum Gasteiger partial charge on any atom is 0.221 e. The van der Waals surface area contributed by atoms with Crippen LogP contribution in [0.2, 0.25) is 0 Å². The summed E-state index contributed by atoms with van der Waals surface area (Å²) in [4.78, 5) is 11.8. The highest BCUT2D eigenvalue weighted by molar-refractivity contribution is 5.77. The number of hydrogen-bond acceptors (Lipinski definition) is 3. The van der Waals surface area contributed by atoms with Crippen LogP contribution in [0.5, 0.6) is 0 Å². The second kappa shape index (κ2) is 5.36. The molecule has 0 aromatic carbocycles. The summed E-state index contributed by atoms with van der Waals surface area (Å²) in [6.07, 6.45) is 6.11. The molecule has 1 saturated heterocycles. The van der Waals surface area contributed by atoms with E-state index in [0.29, 0.717) is 12.3 Å². The number of ether oxygens (including phenoxy) is 1. The van der Waals surface area contributed by atoms with Crippen LogP contribution < -0.4 is 11.1 Å². The lowest BCUT2D eigenvalue weighted by Gasteiger charge is -2.23. The molecule has 17 heavy (non-hydrogen) atoms. The average molecular weight is 240 g/mol. The van der Waals surface area contributed by atoms with Gasteiger partial charge in [-0.2, -0.15) is 0 Å². The number of nitrogens with two attached hydrogens (primary N) is 1. The molecular weight excluding hydrogens is 216 g/mol. The summed E-state index contributed by atoms with van der Waals surface area (Å²) in [5, 5.41) is 3.01. The first-order valence-electron chi connectivity index (χ1n) is 6.76. The van der Waals surface area contributed by atoms with E-state index in [2.05, 4.69) is 12.2 Å². The zero-order valence-corrected chi connectivity index (χ0v) is 10.7. The summed E-state index contributed by atoms with van der Waals surface area (Å²) in [6.45, 7) is 3.63. The van der Waals surface area contributed by atoms with E-state index in [0.717, 1.165) is 45.3 Å². The first-order chi connectivity index (χ1) is 8.09. The summed E-state index contributed by atoms with van der Waals surface area (Å²) in [7, 11) is 0. The Morgan fingerprint density at radius 2 is 2.18 bits per heavy atom. The van der Waals surface area contributed by atoms with E-state index in [1.807, 2.05) is 0 Å². The molecule has 1 heterocycles. The van der Waals surface area contributed by atoms with Crippen molar-refractivity contribution >= 4 is 5.91 Å². The third kappa shape index (κ3) is 3.42. The molecule has 1 aliphatic carbocycles. The van der Waals surface area contributed by atoms with E-state index in [1.54, 1.807) is 0 Å². The van der Waals surface area contributed by atoms with Gasteiger partial charge in [0.05, 0.1) is 6.10 Å². The molecule has 2 aliphatic rings. The summed E-state index contributed by atoms with van der Waals surface area (Å²) in [5.74, 6) is 0.574. The lowest BCUT2D eigenvalue weighted by atomic mass is 9.94. The van der Waals surface area contributed by atoms with E-state index in [9.17, 15) is 4.79 Å². The molecule has 2 atom stereocenters. The van der Waals surface area contributed by atoms with E-state index < -0.39 is 0 Å². The first-order valence-corrected chi connectivity index (χ1v) is 6.76. The Balaban J connectivity index is 1.70. The molecule has 0 radical (unpaired) electrons. The molecule has 3 N–H and O–H groups in total. The van der Waals surface area contributed by atoms with Crippen molar-refractivity contribution in [3.05, 3.63) is 0 Å². The Morgan fingerprint density at radius 1 is 1.47 bits per heavy atom. The van der Waals surface area contributed by atoms with Crippen molar-refractivity contribution in [3.63, 3.8) is 0 Å². The summed E-state index contributed by atoms with van der Waals surface area (Å²) >= 11 is 0. The summed E-state index contributed by atoms with van der Waals surface area (Å²) in [6, 6.07) is 0. The zero-order chi connectivity index (χ0) is 12.3. The van der Waals surface area contributed by atoms with Crippen molar-refractivity contribution in [3.8, 4) is 0 Å². The Bertz CT molecular complexity index is 275. The van der Waals surface area contributed by atoms with Gasteiger partial charge in [0.25, 0.3) is 0 Å². The smallest absolute Gasteiger partial charge is 0.221 e. The zero-order valence-electron chi connectivity index (χ0n) is 10.7. The van der Waals surface area contributed by atoms with Gasteiger partial charge >= 0.3 is 0 Å². The monoisotopic (exact) mass is 240 g/mol. The molecule has 4 heteroatoms. The maximum atomic E-state index is 11.8. The van der Waals surface area contributed by atoms with Crippen molar-refractivity contribution in [2.45, 2.75) is 57.1 Å². The van der Waals surface area contributed by atoms with Gasteiger partial charge in [0.1, 0.15) is 0 Å². The van der Waals surface area contributed by atoms with Crippen LogP contribution in [0.4, 0.5) is 0 Å². The lowest BCUT2D eigenvalue weighted by Crippen LogP contribution is -2.43. The molecule has 2 fully saturated rings. The first kappa shape index (κ1) is 12.8. The molecule has 1 amide bonds. The quantitative estimate of drug-likeness (QED) is 0.776. The fourth-order valence-electron chi connectivity index (χ4n) is 2.93. The van der Waals surface area contributed by atoms with Crippen molar-refractivity contribution in [2.75, 3.05) is 13.2 Å². The standard InChI is InChI=1S/C13H24N2O2/c1-10-11(4-7-17-10)9-15-12(16)8-13(14)5-2-3-6-13/h10-11H,2-9,14H2,1H3,(H,15,16). The molecule has 0 aromatic heterocycles. The van der Waals surface area contributed by atoms with Gasteiger partial charge in [-0.05, 0) is 26.2 Å². The van der Waals surface area contributed by atoms with Gasteiger partial charge < -0.3 is 15.8 Å². The van der Waals surface area contributed by atoms with Gasteiger partial charge in [0.2, 0.25) is 5.91 Å². The predicted octanol–water partition coefficient (Wildman–Crippen LogP) is 1.19. The number of carbonyl (C=O) groups excluding carboxylic acids is 1. The fraction of sp³-hybridized carbons (Fsp3) is 0.923. The Hall–Kier alpha value is -0.610. The Kier molecular flexibility index (Phi) is 4.05. The third-order valence-electron chi connectivity index (χ3n) is 4.21. The van der Waals surface area contributed by atoms with E-state index in [4.69, 9.17) is 10.5 Å². The number of nitrogens with one attached hydrogen (secondary N) is 1. The van der Waals surface area contributed by atoms with Crippen LogP contribution in [0.3, 0.4) is 0 Å². The van der Waals surface area contributed by atoms with Gasteiger partial charge in [-0.25, -0.2) is 0 Å². The van der Waals surface area contributed by atoms with Crippen molar-refractivity contribution < 1.29 is 9.53 Å². The molecule has 0 spiro atoms. The van der Waals surface area contributed by atoms with Crippen LogP contribution in [0, 0.1) is 5.92 Å². The maximum absolute atomic E-state index is 11.8. The van der Waals surface area contributed by atoms with Crippen LogP contribution in [0.1, 0.15) is 45.4 Å².